The van der Waals surface area contributed by atoms with Crippen molar-refractivity contribution in [3.63, 3.8) is 0 Å². The highest BCUT2D eigenvalue weighted by molar-refractivity contribution is 6.42. The van der Waals surface area contributed by atoms with E-state index < -0.39 is 17.4 Å². The molecule has 1 aromatic heterocycles. The first kappa shape index (κ1) is 33.3. The Kier molecular flexibility index (Phi) is 12.6. The van der Waals surface area contributed by atoms with Gasteiger partial charge < -0.3 is 14.6 Å². The second-order valence-electron chi connectivity index (χ2n) is 10.00. The van der Waals surface area contributed by atoms with E-state index in [1.165, 1.54) is 7.11 Å². The van der Waals surface area contributed by atoms with Crippen molar-refractivity contribution in [3.05, 3.63) is 94.0 Å². The van der Waals surface area contributed by atoms with E-state index in [9.17, 15) is 13.9 Å². The highest BCUT2D eigenvalue weighted by atomic mass is 19.3. The minimum Gasteiger partial charge on any atom is -0.496 e. The first-order valence-corrected chi connectivity index (χ1v) is 13.7. The molecule has 1 fully saturated rings. The van der Waals surface area contributed by atoms with E-state index in [0.717, 1.165) is 18.4 Å². The number of methoxy groups -OCH3 is 1. The molecule has 40 heavy (non-hydrogen) atoms. The van der Waals surface area contributed by atoms with Gasteiger partial charge in [-0.2, -0.15) is 8.78 Å². The van der Waals surface area contributed by atoms with Crippen molar-refractivity contribution >= 4 is 15.7 Å². The maximum atomic E-state index is 13.0. The summed E-state index contributed by atoms with van der Waals surface area (Å²) in [6.07, 6.45) is 17.8. The van der Waals surface area contributed by atoms with Crippen LogP contribution in [0, 0.1) is 0 Å². The number of unbranched alkanes of at least 4 members (excludes halogenated alkanes) is 1. The minimum atomic E-state index is -2.93. The summed E-state index contributed by atoms with van der Waals surface area (Å²) in [7, 11) is 14.9. The Balaban J connectivity index is 2.51. The number of hydrogen-bond acceptors (Lipinski definition) is 5. The van der Waals surface area contributed by atoms with Crippen LogP contribution in [0.5, 0.6) is 0 Å². The highest BCUT2D eigenvalue weighted by Gasteiger charge is 2.39. The molecule has 1 saturated carbocycles. The summed E-state index contributed by atoms with van der Waals surface area (Å²) in [5, 5.41) is 9.15. The lowest BCUT2D eigenvalue weighted by atomic mass is 9.47. The van der Waals surface area contributed by atoms with Gasteiger partial charge in [-0.25, -0.2) is 9.97 Å². The van der Waals surface area contributed by atoms with Crippen molar-refractivity contribution in [1.82, 2.24) is 9.97 Å². The van der Waals surface area contributed by atoms with Gasteiger partial charge in [-0.05, 0) is 93.0 Å². The molecule has 0 unspecified atom stereocenters. The van der Waals surface area contributed by atoms with Gasteiger partial charge in [0.1, 0.15) is 17.1 Å². The topological polar surface area (TPSA) is 64.5 Å². The maximum absolute atomic E-state index is 13.0. The van der Waals surface area contributed by atoms with Gasteiger partial charge in [0.25, 0.3) is 0 Å². The summed E-state index contributed by atoms with van der Waals surface area (Å²) >= 11 is 0. The molecule has 1 N–H and O–H groups in total. The Bertz CT molecular complexity index is 1180. The van der Waals surface area contributed by atoms with E-state index in [-0.39, 0.29) is 5.76 Å². The lowest BCUT2D eigenvalue weighted by Gasteiger charge is -2.35. The molecule has 0 atom stereocenters. The molecule has 212 valence electrons. The van der Waals surface area contributed by atoms with E-state index in [4.69, 9.17) is 25.2 Å². The third kappa shape index (κ3) is 8.53. The number of ether oxygens (including phenoxy) is 2. The molecule has 0 saturated heterocycles. The number of alkyl halides is 2. The van der Waals surface area contributed by atoms with Crippen LogP contribution in [-0.2, 0) is 20.3 Å². The van der Waals surface area contributed by atoms with E-state index in [2.05, 4.69) is 9.97 Å². The van der Waals surface area contributed by atoms with Crippen molar-refractivity contribution < 1.29 is 23.4 Å². The molecule has 0 amide bonds. The smallest absolute Gasteiger partial charge is 0.387 e. The molecule has 4 radical (unpaired) electrons. The zero-order chi connectivity index (χ0) is 29.9. The SMILES string of the molecule is [B]C([B])(C(\C=C/C(OC)=C(C)/C(/C=C\C)=C/C(=C/CCC)OC(F)F)=C(C)CC)c1cnc(C2(O)CCC2)nc1. The van der Waals surface area contributed by atoms with Gasteiger partial charge in [0.05, 0.1) is 22.8 Å². The number of nitrogens with zero attached hydrogens (tertiary/aromatic N) is 2. The Morgan fingerprint density at radius 2 is 1.80 bits per heavy atom. The fraction of sp³-hybridized carbons (Fsp3) is 0.484. The first-order valence-electron chi connectivity index (χ1n) is 13.7. The van der Waals surface area contributed by atoms with Gasteiger partial charge in [0, 0.05) is 12.4 Å². The quantitative estimate of drug-likeness (QED) is 0.155. The van der Waals surface area contributed by atoms with Gasteiger partial charge in [-0.1, -0.05) is 49.6 Å². The maximum Gasteiger partial charge on any atom is 0.387 e. The molecule has 9 heteroatoms. The van der Waals surface area contributed by atoms with Crippen molar-refractivity contribution in [1.29, 1.82) is 0 Å². The number of aromatic nitrogens is 2. The molecule has 0 bridgehead atoms. The molecule has 0 aromatic carbocycles. The molecule has 1 aliphatic carbocycles. The fourth-order valence-corrected chi connectivity index (χ4v) is 4.29. The molecule has 0 spiro atoms. The van der Waals surface area contributed by atoms with Crippen molar-refractivity contribution in [2.24, 2.45) is 0 Å². The third-order valence-electron chi connectivity index (χ3n) is 7.09. The van der Waals surface area contributed by atoms with Crippen LogP contribution in [0.1, 0.15) is 84.5 Å². The summed E-state index contributed by atoms with van der Waals surface area (Å²) in [5.41, 5.74) is 2.46. The predicted octanol–water partition coefficient (Wildman–Crippen LogP) is 6.97. The van der Waals surface area contributed by atoms with Gasteiger partial charge in [0.2, 0.25) is 0 Å². The minimum absolute atomic E-state index is 0.0871. The normalized spacial score (nSPS) is 17.6. The highest BCUT2D eigenvalue weighted by Crippen LogP contribution is 2.39. The van der Waals surface area contributed by atoms with E-state index >= 15 is 0 Å². The van der Waals surface area contributed by atoms with Crippen LogP contribution >= 0.6 is 0 Å². The zero-order valence-corrected chi connectivity index (χ0v) is 24.5. The molecule has 2 rings (SSSR count). The van der Waals surface area contributed by atoms with Crippen molar-refractivity contribution in [2.45, 2.75) is 90.6 Å². The fourth-order valence-electron chi connectivity index (χ4n) is 4.29. The number of halogens is 2. The van der Waals surface area contributed by atoms with Gasteiger partial charge in [0.15, 0.2) is 5.82 Å². The first-order chi connectivity index (χ1) is 18.9. The Labute approximate surface area is 240 Å². The molecule has 5 nitrogen and oxygen atoms in total. The summed E-state index contributed by atoms with van der Waals surface area (Å²) in [6, 6.07) is 0. The summed E-state index contributed by atoms with van der Waals surface area (Å²) in [4.78, 5) is 8.74. The lowest BCUT2D eigenvalue weighted by molar-refractivity contribution is -0.0923. The van der Waals surface area contributed by atoms with E-state index in [0.29, 0.717) is 59.5 Å². The van der Waals surface area contributed by atoms with Gasteiger partial charge in [-0.15, -0.1) is 0 Å². The number of allylic oxidation sites excluding steroid dienone is 10. The molecule has 1 heterocycles. The number of rotatable bonds is 14. The van der Waals surface area contributed by atoms with E-state index in [1.54, 1.807) is 42.8 Å². The summed E-state index contributed by atoms with van der Waals surface area (Å²) < 4.78 is 36.5. The number of hydrogen-bond donors (Lipinski definition) is 1. The third-order valence-corrected chi connectivity index (χ3v) is 7.09. The number of aliphatic hydroxyl groups is 1. The second-order valence-corrected chi connectivity index (χ2v) is 10.00. The summed E-state index contributed by atoms with van der Waals surface area (Å²) in [6.45, 7) is 6.65. The Morgan fingerprint density at radius 3 is 2.27 bits per heavy atom. The molecule has 1 aromatic rings. The van der Waals surface area contributed by atoms with Crippen molar-refractivity contribution in [2.75, 3.05) is 7.11 Å². The van der Waals surface area contributed by atoms with Crippen LogP contribution in [0.2, 0.25) is 0 Å². The predicted molar refractivity (Wildman–Crippen MR) is 158 cm³/mol. The van der Waals surface area contributed by atoms with E-state index in [1.807, 2.05) is 40.7 Å². The zero-order valence-electron chi connectivity index (χ0n) is 24.5. The Morgan fingerprint density at radius 1 is 1.15 bits per heavy atom. The van der Waals surface area contributed by atoms with Gasteiger partial charge in [-0.3, -0.25) is 0 Å². The molecule has 0 aliphatic heterocycles. The van der Waals surface area contributed by atoms with Gasteiger partial charge >= 0.3 is 6.61 Å². The van der Waals surface area contributed by atoms with Crippen LogP contribution in [-0.4, -0.2) is 44.5 Å². The van der Waals surface area contributed by atoms with Crippen LogP contribution < -0.4 is 0 Å². The summed E-state index contributed by atoms with van der Waals surface area (Å²) in [5.74, 6) is 0.953. The van der Waals surface area contributed by atoms with Crippen LogP contribution in [0.4, 0.5) is 8.78 Å². The van der Waals surface area contributed by atoms with Crippen LogP contribution in [0.15, 0.2) is 82.7 Å². The van der Waals surface area contributed by atoms with Crippen molar-refractivity contribution in [3.8, 4) is 0 Å². The second kappa shape index (κ2) is 15.2. The molecular formula is C31H40B2F2N2O3. The molecule has 1 aliphatic rings. The monoisotopic (exact) mass is 548 g/mol. The molecular weight excluding hydrogens is 508 g/mol. The lowest BCUT2D eigenvalue weighted by Crippen LogP contribution is -2.36. The largest absolute Gasteiger partial charge is 0.496 e. The Hall–Kier alpha value is -2.93. The average Bonchev–Trinajstić information content (AvgIpc) is 2.91. The average molecular weight is 548 g/mol. The van der Waals surface area contributed by atoms with Crippen LogP contribution in [0.25, 0.3) is 0 Å². The standard InChI is InChI=1S/C31H40B2F2N2O3/c1-7-10-13-25(40-29(34)35)18-23(12-8-2)22(5)27(39-6)15-14-26(21(4)9-3)31(32,33)24-19-36-28(37-20-24)30(38)16-11-17-30/h8,12-15,18-20,29,38H,7,9-11,16-17H2,1-6H3/b12-8-,15-14-,23-18+,25-13-,26-21?,27-22-. The van der Waals surface area contributed by atoms with Crippen LogP contribution in [0.3, 0.4) is 0 Å².